The third-order valence-electron chi connectivity index (χ3n) is 3.34. The average Bonchev–Trinajstić information content (AvgIpc) is 2.94. The van der Waals surface area contributed by atoms with Gasteiger partial charge in [0.25, 0.3) is 0 Å². The number of primary amides is 1. The summed E-state index contributed by atoms with van der Waals surface area (Å²) in [5.41, 5.74) is 12.0. The van der Waals surface area contributed by atoms with Crippen LogP contribution in [-0.4, -0.2) is 30.6 Å². The van der Waals surface area contributed by atoms with E-state index in [-0.39, 0.29) is 12.0 Å². The van der Waals surface area contributed by atoms with Gasteiger partial charge in [-0.3, -0.25) is 9.59 Å². The fourth-order valence-corrected chi connectivity index (χ4v) is 2.21. The van der Waals surface area contributed by atoms with E-state index in [1.165, 1.54) is 0 Å². The molecule has 2 rings (SSSR count). The molecule has 1 fully saturated rings. The number of hydrogen-bond acceptors (Lipinski definition) is 4. The Hall–Kier alpha value is -1.92. The highest BCUT2D eigenvalue weighted by atomic mass is 16.5. The van der Waals surface area contributed by atoms with E-state index in [0.29, 0.717) is 25.1 Å². The van der Waals surface area contributed by atoms with Crippen molar-refractivity contribution in [2.45, 2.75) is 31.6 Å². The van der Waals surface area contributed by atoms with E-state index in [0.717, 1.165) is 12.0 Å². The number of amides is 2. The van der Waals surface area contributed by atoms with Crippen LogP contribution in [0.5, 0.6) is 0 Å². The summed E-state index contributed by atoms with van der Waals surface area (Å²) in [5.74, 6) is -0.631. The molecule has 0 aromatic heterocycles. The second-order valence-electron chi connectivity index (χ2n) is 4.84. The van der Waals surface area contributed by atoms with Crippen molar-refractivity contribution < 1.29 is 14.3 Å². The molecular weight excluding hydrogens is 258 g/mol. The second kappa shape index (κ2) is 6.49. The molecule has 1 aliphatic rings. The lowest BCUT2D eigenvalue weighted by Gasteiger charge is -2.13. The normalized spacial score (nSPS) is 21.6. The van der Waals surface area contributed by atoms with Gasteiger partial charge in [-0.15, -0.1) is 0 Å². The molecule has 6 nitrogen and oxygen atoms in total. The lowest BCUT2D eigenvalue weighted by molar-refractivity contribution is -0.132. The molecule has 0 spiro atoms. The van der Waals surface area contributed by atoms with Crippen LogP contribution in [0.2, 0.25) is 0 Å². The van der Waals surface area contributed by atoms with Crippen molar-refractivity contribution in [3.8, 4) is 0 Å². The van der Waals surface area contributed by atoms with Crippen molar-refractivity contribution in [3.63, 3.8) is 0 Å². The largest absolute Gasteiger partial charge is 0.366 e. The summed E-state index contributed by atoms with van der Waals surface area (Å²) in [5, 5.41) is 2.79. The zero-order valence-corrected chi connectivity index (χ0v) is 11.2. The van der Waals surface area contributed by atoms with Gasteiger partial charge in [0.05, 0.1) is 6.10 Å². The molecule has 5 N–H and O–H groups in total. The lowest BCUT2D eigenvalue weighted by Crippen LogP contribution is -2.35. The Morgan fingerprint density at radius 3 is 2.80 bits per heavy atom. The average molecular weight is 277 g/mol. The maximum Gasteiger partial charge on any atom is 0.249 e. The fraction of sp³-hybridized carbons (Fsp3) is 0.429. The minimum absolute atomic E-state index is 0.0241. The third kappa shape index (κ3) is 3.55. The first-order chi connectivity index (χ1) is 9.60. The van der Waals surface area contributed by atoms with E-state index in [9.17, 15) is 9.59 Å². The van der Waals surface area contributed by atoms with Gasteiger partial charge >= 0.3 is 0 Å². The van der Waals surface area contributed by atoms with Crippen LogP contribution in [0.25, 0.3) is 0 Å². The molecule has 1 saturated heterocycles. The van der Waals surface area contributed by atoms with Gasteiger partial charge in [0.1, 0.15) is 6.10 Å². The van der Waals surface area contributed by atoms with Crippen molar-refractivity contribution in [1.29, 1.82) is 0 Å². The summed E-state index contributed by atoms with van der Waals surface area (Å²) in [6.07, 6.45) is 1.05. The minimum atomic E-state index is -0.483. The monoisotopic (exact) mass is 277 g/mol. The number of carbonyl (C=O) groups is 2. The standard InChI is InChI=1S/C14H19N3O3/c15-7-11-4-5-12(20-11)14(19)17-8-9-2-1-3-10(6-9)13(16)18/h1-3,6,11-12H,4-5,7-8,15H2,(H2,16,18)(H,17,19)/t11-,12+/m1/s1. The molecule has 1 aromatic carbocycles. The van der Waals surface area contributed by atoms with Crippen LogP contribution in [0.15, 0.2) is 24.3 Å². The molecule has 2 atom stereocenters. The summed E-state index contributed by atoms with van der Waals surface area (Å²) >= 11 is 0. The van der Waals surface area contributed by atoms with Crippen LogP contribution in [0.3, 0.4) is 0 Å². The number of benzene rings is 1. The molecule has 0 bridgehead atoms. The Kier molecular flexibility index (Phi) is 4.70. The van der Waals surface area contributed by atoms with Crippen molar-refractivity contribution in [1.82, 2.24) is 5.32 Å². The molecule has 0 unspecified atom stereocenters. The molecule has 2 amide bonds. The second-order valence-corrected chi connectivity index (χ2v) is 4.84. The van der Waals surface area contributed by atoms with E-state index >= 15 is 0 Å². The van der Waals surface area contributed by atoms with Gasteiger partial charge in [-0.25, -0.2) is 0 Å². The first-order valence-corrected chi connectivity index (χ1v) is 6.62. The molecule has 1 aromatic rings. The Balaban J connectivity index is 1.87. The SMILES string of the molecule is NC[C@H]1CC[C@@H](C(=O)NCc2cccc(C(N)=O)c2)O1. The van der Waals surface area contributed by atoms with Crippen molar-refractivity contribution in [2.24, 2.45) is 11.5 Å². The lowest BCUT2D eigenvalue weighted by atomic mass is 10.1. The number of rotatable bonds is 5. The van der Waals surface area contributed by atoms with E-state index < -0.39 is 12.0 Å². The van der Waals surface area contributed by atoms with Crippen LogP contribution in [0, 0.1) is 0 Å². The molecule has 0 radical (unpaired) electrons. The summed E-state index contributed by atoms with van der Waals surface area (Å²) in [7, 11) is 0. The van der Waals surface area contributed by atoms with E-state index in [2.05, 4.69) is 5.32 Å². The van der Waals surface area contributed by atoms with E-state index in [4.69, 9.17) is 16.2 Å². The molecule has 6 heteroatoms. The highest BCUT2D eigenvalue weighted by Gasteiger charge is 2.29. The van der Waals surface area contributed by atoms with Gasteiger partial charge in [0.2, 0.25) is 11.8 Å². The first kappa shape index (κ1) is 14.5. The Labute approximate surface area is 117 Å². The van der Waals surface area contributed by atoms with Gasteiger partial charge in [-0.1, -0.05) is 12.1 Å². The summed E-state index contributed by atoms with van der Waals surface area (Å²) in [4.78, 5) is 23.0. The zero-order valence-electron chi connectivity index (χ0n) is 11.2. The summed E-state index contributed by atoms with van der Waals surface area (Å²) in [6.45, 7) is 0.775. The van der Waals surface area contributed by atoms with Gasteiger partial charge in [0, 0.05) is 18.7 Å². The quantitative estimate of drug-likeness (QED) is 0.699. The summed E-state index contributed by atoms with van der Waals surface area (Å²) in [6, 6.07) is 6.86. The van der Waals surface area contributed by atoms with Gasteiger partial charge < -0.3 is 21.5 Å². The Morgan fingerprint density at radius 1 is 1.35 bits per heavy atom. The molecule has 20 heavy (non-hydrogen) atoms. The highest BCUT2D eigenvalue weighted by molar-refractivity contribution is 5.92. The molecule has 0 saturated carbocycles. The van der Waals surface area contributed by atoms with Crippen molar-refractivity contribution in [2.75, 3.05) is 6.54 Å². The molecular formula is C14H19N3O3. The zero-order chi connectivity index (χ0) is 14.5. The van der Waals surface area contributed by atoms with Crippen molar-refractivity contribution >= 4 is 11.8 Å². The maximum atomic E-state index is 11.9. The van der Waals surface area contributed by atoms with Gasteiger partial charge in [0.15, 0.2) is 0 Å². The van der Waals surface area contributed by atoms with Crippen LogP contribution >= 0.6 is 0 Å². The highest BCUT2D eigenvalue weighted by Crippen LogP contribution is 2.19. The predicted molar refractivity (Wildman–Crippen MR) is 73.8 cm³/mol. The number of carbonyl (C=O) groups excluding carboxylic acids is 2. The number of nitrogens with one attached hydrogen (secondary N) is 1. The van der Waals surface area contributed by atoms with E-state index in [1.807, 2.05) is 6.07 Å². The van der Waals surface area contributed by atoms with Crippen molar-refractivity contribution in [3.05, 3.63) is 35.4 Å². The van der Waals surface area contributed by atoms with Gasteiger partial charge in [-0.2, -0.15) is 0 Å². The molecule has 1 aliphatic heterocycles. The Morgan fingerprint density at radius 2 is 2.15 bits per heavy atom. The molecule has 1 heterocycles. The fourth-order valence-electron chi connectivity index (χ4n) is 2.21. The molecule has 108 valence electrons. The predicted octanol–water partition coefficient (Wildman–Crippen LogP) is -0.0920. The van der Waals surface area contributed by atoms with Crippen LogP contribution < -0.4 is 16.8 Å². The maximum absolute atomic E-state index is 11.9. The first-order valence-electron chi connectivity index (χ1n) is 6.62. The van der Waals surface area contributed by atoms with Crippen LogP contribution in [0.1, 0.15) is 28.8 Å². The van der Waals surface area contributed by atoms with Gasteiger partial charge in [-0.05, 0) is 30.5 Å². The topological polar surface area (TPSA) is 107 Å². The van der Waals surface area contributed by atoms with E-state index in [1.54, 1.807) is 18.2 Å². The molecule has 0 aliphatic carbocycles. The number of ether oxygens (including phenoxy) is 1. The van der Waals surface area contributed by atoms with Crippen LogP contribution in [0.4, 0.5) is 0 Å². The minimum Gasteiger partial charge on any atom is -0.366 e. The third-order valence-corrected chi connectivity index (χ3v) is 3.34. The smallest absolute Gasteiger partial charge is 0.249 e. The Bertz CT molecular complexity index is 504. The summed E-state index contributed by atoms with van der Waals surface area (Å²) < 4.78 is 5.51. The number of nitrogens with two attached hydrogens (primary N) is 2. The number of hydrogen-bond donors (Lipinski definition) is 3. The van der Waals surface area contributed by atoms with Crippen LogP contribution in [-0.2, 0) is 16.1 Å².